The lowest BCUT2D eigenvalue weighted by Crippen LogP contribution is -2.31. The first-order valence-corrected chi connectivity index (χ1v) is 11.5. The van der Waals surface area contributed by atoms with Gasteiger partial charge in [-0.25, -0.2) is 0 Å². The third-order valence-corrected chi connectivity index (χ3v) is 5.49. The van der Waals surface area contributed by atoms with Gasteiger partial charge in [0.05, 0.1) is 24.3 Å². The number of aliphatic hydroxyl groups excluding tert-OH is 1. The van der Waals surface area contributed by atoms with E-state index in [1.807, 2.05) is 52.0 Å². The molecule has 1 atom stereocenters. The molecule has 1 aliphatic heterocycles. The van der Waals surface area contributed by atoms with Gasteiger partial charge in [-0.05, 0) is 63.4 Å². The second kappa shape index (κ2) is 11.1. The maximum Gasteiger partial charge on any atom is 0.295 e. The van der Waals surface area contributed by atoms with Gasteiger partial charge in [0.25, 0.3) is 11.7 Å². The van der Waals surface area contributed by atoms with Gasteiger partial charge in [0.15, 0.2) is 0 Å². The van der Waals surface area contributed by atoms with E-state index in [9.17, 15) is 14.7 Å². The predicted molar refractivity (Wildman–Crippen MR) is 128 cm³/mol. The standard InChI is InChI=1S/C27H33NO5/c1-5-15-33-22-12-10-20(11-13-22)25(29)23-24(21-9-6-8-19(4)17-21)28(27(31)26(23)30)14-7-16-32-18(2)3/h6,8-13,17-18,24,29H,5,7,14-16H2,1-4H3/b25-23-. The van der Waals surface area contributed by atoms with E-state index in [-0.39, 0.29) is 17.4 Å². The SMILES string of the molecule is CCCOc1ccc(/C(O)=C2/C(=O)C(=O)N(CCCOC(C)C)C2c2cccc(C)c2)cc1. The number of hydrogen-bond donors (Lipinski definition) is 1. The summed E-state index contributed by atoms with van der Waals surface area (Å²) >= 11 is 0. The van der Waals surface area contributed by atoms with Crippen molar-refractivity contribution in [2.24, 2.45) is 0 Å². The number of benzene rings is 2. The average Bonchev–Trinajstić information content (AvgIpc) is 3.05. The lowest BCUT2D eigenvalue weighted by Gasteiger charge is -2.25. The van der Waals surface area contributed by atoms with Crippen LogP contribution in [0.25, 0.3) is 5.76 Å². The first-order chi connectivity index (χ1) is 15.8. The molecule has 0 radical (unpaired) electrons. The van der Waals surface area contributed by atoms with Crippen molar-refractivity contribution in [2.45, 2.75) is 52.7 Å². The van der Waals surface area contributed by atoms with Crippen LogP contribution in [0.1, 0.15) is 56.3 Å². The number of ketones is 1. The van der Waals surface area contributed by atoms with Gasteiger partial charge in [-0.1, -0.05) is 36.8 Å². The molecule has 1 fully saturated rings. The largest absolute Gasteiger partial charge is 0.507 e. The van der Waals surface area contributed by atoms with Gasteiger partial charge in [0.1, 0.15) is 11.5 Å². The van der Waals surface area contributed by atoms with Crippen LogP contribution in [0.15, 0.2) is 54.1 Å². The summed E-state index contributed by atoms with van der Waals surface area (Å²) in [4.78, 5) is 27.6. The summed E-state index contributed by atoms with van der Waals surface area (Å²) in [7, 11) is 0. The van der Waals surface area contributed by atoms with Crippen LogP contribution in [0.4, 0.5) is 0 Å². The summed E-state index contributed by atoms with van der Waals surface area (Å²) in [5.41, 5.74) is 2.39. The van der Waals surface area contributed by atoms with E-state index < -0.39 is 17.7 Å². The fraction of sp³-hybridized carbons (Fsp3) is 0.407. The molecule has 2 aromatic rings. The van der Waals surface area contributed by atoms with Crippen molar-refractivity contribution in [1.82, 2.24) is 4.90 Å². The molecule has 0 bridgehead atoms. The van der Waals surface area contributed by atoms with E-state index in [1.165, 1.54) is 0 Å². The number of aryl methyl sites for hydroxylation is 1. The first-order valence-electron chi connectivity index (χ1n) is 11.5. The number of ether oxygens (including phenoxy) is 2. The van der Waals surface area contributed by atoms with Gasteiger partial charge < -0.3 is 19.5 Å². The summed E-state index contributed by atoms with van der Waals surface area (Å²) in [5, 5.41) is 11.2. The second-order valence-electron chi connectivity index (χ2n) is 8.55. The van der Waals surface area contributed by atoms with Gasteiger partial charge >= 0.3 is 0 Å². The third-order valence-electron chi connectivity index (χ3n) is 5.49. The average molecular weight is 452 g/mol. The van der Waals surface area contributed by atoms with Gasteiger partial charge in [0, 0.05) is 18.7 Å². The number of nitrogens with zero attached hydrogens (tertiary/aromatic N) is 1. The van der Waals surface area contributed by atoms with Crippen LogP contribution in [0.2, 0.25) is 0 Å². The number of likely N-dealkylation sites (tertiary alicyclic amines) is 1. The molecular weight excluding hydrogens is 418 g/mol. The molecule has 0 spiro atoms. The Morgan fingerprint density at radius 1 is 1.09 bits per heavy atom. The fourth-order valence-corrected chi connectivity index (χ4v) is 3.94. The van der Waals surface area contributed by atoms with Crippen molar-refractivity contribution in [2.75, 3.05) is 19.8 Å². The number of Topliss-reactive ketones (excluding diaryl/α,β-unsaturated/α-hetero) is 1. The highest BCUT2D eigenvalue weighted by atomic mass is 16.5. The van der Waals surface area contributed by atoms with E-state index >= 15 is 0 Å². The lowest BCUT2D eigenvalue weighted by atomic mass is 9.94. The molecule has 0 aromatic heterocycles. The first kappa shape index (κ1) is 24.5. The van der Waals surface area contributed by atoms with E-state index in [4.69, 9.17) is 9.47 Å². The van der Waals surface area contributed by atoms with Crippen molar-refractivity contribution in [3.63, 3.8) is 0 Å². The summed E-state index contributed by atoms with van der Waals surface area (Å²) < 4.78 is 11.2. The predicted octanol–water partition coefficient (Wildman–Crippen LogP) is 5.02. The molecule has 3 rings (SSSR count). The van der Waals surface area contributed by atoms with Crippen LogP contribution in [0, 0.1) is 6.92 Å². The third kappa shape index (κ3) is 5.82. The Hall–Kier alpha value is -3.12. The topological polar surface area (TPSA) is 76.1 Å². The number of rotatable bonds is 10. The highest BCUT2D eigenvalue weighted by Crippen LogP contribution is 2.39. The highest BCUT2D eigenvalue weighted by molar-refractivity contribution is 6.46. The van der Waals surface area contributed by atoms with E-state index in [2.05, 4.69) is 0 Å². The van der Waals surface area contributed by atoms with Crippen LogP contribution >= 0.6 is 0 Å². The number of aliphatic hydroxyl groups is 1. The Kier molecular flexibility index (Phi) is 8.28. The van der Waals surface area contributed by atoms with Crippen LogP contribution in [-0.2, 0) is 14.3 Å². The monoisotopic (exact) mass is 451 g/mol. The zero-order valence-corrected chi connectivity index (χ0v) is 19.8. The van der Waals surface area contributed by atoms with Crippen LogP contribution in [-0.4, -0.2) is 47.6 Å². The molecule has 0 aliphatic carbocycles. The molecule has 6 heteroatoms. The molecule has 1 aliphatic rings. The molecule has 2 aromatic carbocycles. The fourth-order valence-electron chi connectivity index (χ4n) is 3.94. The number of amides is 1. The maximum absolute atomic E-state index is 13.1. The van der Waals surface area contributed by atoms with E-state index in [0.29, 0.717) is 37.5 Å². The molecule has 6 nitrogen and oxygen atoms in total. The maximum atomic E-state index is 13.1. The Balaban J connectivity index is 1.98. The zero-order valence-electron chi connectivity index (χ0n) is 19.8. The van der Waals surface area contributed by atoms with Gasteiger partial charge in [-0.3, -0.25) is 9.59 Å². The molecule has 1 N–H and O–H groups in total. The Bertz CT molecular complexity index is 1010. The number of carbonyl (C=O) groups is 2. The molecule has 33 heavy (non-hydrogen) atoms. The van der Waals surface area contributed by atoms with Crippen molar-refractivity contribution in [3.8, 4) is 5.75 Å². The molecule has 1 heterocycles. The molecule has 1 unspecified atom stereocenters. The Morgan fingerprint density at radius 3 is 2.45 bits per heavy atom. The smallest absolute Gasteiger partial charge is 0.295 e. The highest BCUT2D eigenvalue weighted by Gasteiger charge is 2.45. The quantitative estimate of drug-likeness (QED) is 0.238. The lowest BCUT2D eigenvalue weighted by molar-refractivity contribution is -0.140. The summed E-state index contributed by atoms with van der Waals surface area (Å²) in [5.74, 6) is -0.761. The minimum Gasteiger partial charge on any atom is -0.507 e. The molecule has 0 saturated carbocycles. The molecule has 176 valence electrons. The van der Waals surface area contributed by atoms with Gasteiger partial charge in [0.2, 0.25) is 0 Å². The molecule has 1 amide bonds. The van der Waals surface area contributed by atoms with Crippen molar-refractivity contribution >= 4 is 17.4 Å². The van der Waals surface area contributed by atoms with Crippen molar-refractivity contribution in [1.29, 1.82) is 0 Å². The van der Waals surface area contributed by atoms with Crippen molar-refractivity contribution in [3.05, 3.63) is 70.8 Å². The van der Waals surface area contributed by atoms with E-state index in [0.717, 1.165) is 17.5 Å². The molecular formula is C27H33NO5. The summed E-state index contributed by atoms with van der Waals surface area (Å²) in [6, 6.07) is 14.0. The van der Waals surface area contributed by atoms with Crippen molar-refractivity contribution < 1.29 is 24.2 Å². The normalized spacial score (nSPS) is 17.7. The van der Waals surface area contributed by atoms with Crippen LogP contribution < -0.4 is 4.74 Å². The van der Waals surface area contributed by atoms with E-state index in [1.54, 1.807) is 29.2 Å². The Morgan fingerprint density at radius 2 is 1.82 bits per heavy atom. The van der Waals surface area contributed by atoms with Crippen LogP contribution in [0.5, 0.6) is 5.75 Å². The van der Waals surface area contributed by atoms with Gasteiger partial charge in [-0.15, -0.1) is 0 Å². The Labute approximate surface area is 195 Å². The summed E-state index contributed by atoms with van der Waals surface area (Å²) in [6.45, 7) is 9.34. The zero-order chi connectivity index (χ0) is 24.0. The number of hydrogen-bond acceptors (Lipinski definition) is 5. The van der Waals surface area contributed by atoms with Gasteiger partial charge in [-0.2, -0.15) is 0 Å². The second-order valence-corrected chi connectivity index (χ2v) is 8.55. The minimum absolute atomic E-state index is 0.0947. The summed E-state index contributed by atoms with van der Waals surface area (Å²) in [6.07, 6.45) is 1.58. The number of carbonyl (C=O) groups excluding carboxylic acids is 2. The minimum atomic E-state index is -0.671. The molecule has 1 saturated heterocycles. The van der Waals surface area contributed by atoms with Crippen LogP contribution in [0.3, 0.4) is 0 Å².